The van der Waals surface area contributed by atoms with Gasteiger partial charge in [0.15, 0.2) is 0 Å². The Morgan fingerprint density at radius 1 is 0.853 bits per heavy atom. The standard InChI is InChI=1S/C27H26N2O5/c1-32-20-8-6-7-19(15-20)29-17-24(22-9-4-5-10-23(22)27(29)31)26(30)28-14-13-18-11-12-21(33-2)16-25(18)34-3/h4-12,15-17H,13-14H2,1-3H3,(H,28,30). The second kappa shape index (κ2) is 10.1. The highest BCUT2D eigenvalue weighted by molar-refractivity contribution is 6.06. The Labute approximate surface area is 197 Å². The van der Waals surface area contributed by atoms with Gasteiger partial charge in [-0.25, -0.2) is 0 Å². The zero-order valence-electron chi connectivity index (χ0n) is 19.3. The third-order valence-corrected chi connectivity index (χ3v) is 5.67. The zero-order valence-corrected chi connectivity index (χ0v) is 19.3. The van der Waals surface area contributed by atoms with Gasteiger partial charge in [-0.3, -0.25) is 14.2 Å². The lowest BCUT2D eigenvalue weighted by Crippen LogP contribution is -2.28. The highest BCUT2D eigenvalue weighted by Crippen LogP contribution is 2.25. The molecule has 0 unspecified atom stereocenters. The summed E-state index contributed by atoms with van der Waals surface area (Å²) >= 11 is 0. The molecule has 34 heavy (non-hydrogen) atoms. The van der Waals surface area contributed by atoms with Crippen molar-refractivity contribution in [3.05, 3.63) is 94.4 Å². The molecular formula is C27H26N2O5. The number of nitrogens with one attached hydrogen (secondary N) is 1. The maximum atomic E-state index is 13.2. The molecule has 7 nitrogen and oxygen atoms in total. The second-order valence-corrected chi connectivity index (χ2v) is 7.65. The van der Waals surface area contributed by atoms with Crippen LogP contribution in [-0.4, -0.2) is 38.3 Å². The van der Waals surface area contributed by atoms with Crippen LogP contribution in [0.2, 0.25) is 0 Å². The van der Waals surface area contributed by atoms with Crippen LogP contribution in [0, 0.1) is 0 Å². The van der Waals surface area contributed by atoms with Crippen molar-refractivity contribution in [1.82, 2.24) is 9.88 Å². The van der Waals surface area contributed by atoms with Gasteiger partial charge in [0.25, 0.3) is 11.5 Å². The van der Waals surface area contributed by atoms with Gasteiger partial charge >= 0.3 is 0 Å². The number of rotatable bonds is 8. The summed E-state index contributed by atoms with van der Waals surface area (Å²) in [5.74, 6) is 1.76. The first-order valence-electron chi connectivity index (χ1n) is 10.8. The lowest BCUT2D eigenvalue weighted by Gasteiger charge is -2.14. The molecule has 0 spiro atoms. The van der Waals surface area contributed by atoms with Gasteiger partial charge in [0.2, 0.25) is 0 Å². The molecule has 0 radical (unpaired) electrons. The Balaban J connectivity index is 1.64. The maximum absolute atomic E-state index is 13.2. The van der Waals surface area contributed by atoms with Crippen LogP contribution >= 0.6 is 0 Å². The quantitative estimate of drug-likeness (QED) is 0.432. The number of benzene rings is 3. The number of ether oxygens (including phenoxy) is 3. The molecule has 0 aliphatic carbocycles. The number of hydrogen-bond acceptors (Lipinski definition) is 5. The van der Waals surface area contributed by atoms with Crippen LogP contribution in [-0.2, 0) is 6.42 Å². The second-order valence-electron chi connectivity index (χ2n) is 7.65. The van der Waals surface area contributed by atoms with E-state index in [2.05, 4.69) is 5.32 Å². The summed E-state index contributed by atoms with van der Waals surface area (Å²) in [6.07, 6.45) is 2.16. The summed E-state index contributed by atoms with van der Waals surface area (Å²) in [5, 5.41) is 4.04. The number of methoxy groups -OCH3 is 3. The van der Waals surface area contributed by atoms with Crippen LogP contribution in [0.1, 0.15) is 15.9 Å². The molecule has 1 heterocycles. The van der Waals surface area contributed by atoms with Crippen LogP contribution in [0.5, 0.6) is 17.2 Å². The molecule has 1 amide bonds. The minimum Gasteiger partial charge on any atom is -0.497 e. The van der Waals surface area contributed by atoms with Gasteiger partial charge < -0.3 is 19.5 Å². The first-order chi connectivity index (χ1) is 16.5. The molecule has 0 atom stereocenters. The van der Waals surface area contributed by atoms with Gasteiger partial charge in [0.1, 0.15) is 17.2 Å². The van der Waals surface area contributed by atoms with Gasteiger partial charge in [0.05, 0.1) is 32.6 Å². The largest absolute Gasteiger partial charge is 0.497 e. The van der Waals surface area contributed by atoms with Crippen LogP contribution in [0.15, 0.2) is 77.7 Å². The summed E-state index contributed by atoms with van der Waals surface area (Å²) < 4.78 is 17.5. The van der Waals surface area contributed by atoms with E-state index in [4.69, 9.17) is 14.2 Å². The Kier molecular flexibility index (Phi) is 6.82. The van der Waals surface area contributed by atoms with Crippen molar-refractivity contribution in [2.24, 2.45) is 0 Å². The maximum Gasteiger partial charge on any atom is 0.262 e. The fraction of sp³-hybridized carbons (Fsp3) is 0.185. The van der Waals surface area contributed by atoms with Gasteiger partial charge in [0, 0.05) is 35.6 Å². The molecule has 174 valence electrons. The number of pyridine rings is 1. The van der Waals surface area contributed by atoms with E-state index in [1.807, 2.05) is 24.3 Å². The number of hydrogen-bond donors (Lipinski definition) is 1. The average molecular weight is 459 g/mol. The fourth-order valence-electron chi connectivity index (χ4n) is 3.89. The molecule has 7 heteroatoms. The summed E-state index contributed by atoms with van der Waals surface area (Å²) in [6, 6.07) is 19.9. The SMILES string of the molecule is COc1cccc(-n2cc(C(=O)NCCc3ccc(OC)cc3OC)c3ccccc3c2=O)c1. The molecule has 0 aliphatic rings. The summed E-state index contributed by atoms with van der Waals surface area (Å²) in [6.45, 7) is 0.397. The molecule has 0 bridgehead atoms. The van der Waals surface area contributed by atoms with Crippen molar-refractivity contribution in [1.29, 1.82) is 0 Å². The van der Waals surface area contributed by atoms with Gasteiger partial charge in [-0.15, -0.1) is 0 Å². The molecule has 1 aromatic heterocycles. The van der Waals surface area contributed by atoms with Crippen LogP contribution in [0.4, 0.5) is 0 Å². The summed E-state index contributed by atoms with van der Waals surface area (Å²) in [4.78, 5) is 26.4. The minimum atomic E-state index is -0.264. The normalized spacial score (nSPS) is 10.7. The van der Waals surface area contributed by atoms with E-state index in [0.717, 1.165) is 5.56 Å². The molecule has 4 rings (SSSR count). The Morgan fingerprint density at radius 2 is 1.59 bits per heavy atom. The number of carbonyl (C=O) groups excluding carboxylic acids is 1. The van der Waals surface area contributed by atoms with Crippen molar-refractivity contribution in [3.63, 3.8) is 0 Å². The smallest absolute Gasteiger partial charge is 0.262 e. The molecule has 3 aromatic carbocycles. The van der Waals surface area contributed by atoms with Crippen molar-refractivity contribution in [2.45, 2.75) is 6.42 Å². The highest BCUT2D eigenvalue weighted by Gasteiger charge is 2.16. The number of amides is 1. The van der Waals surface area contributed by atoms with Crippen molar-refractivity contribution in [2.75, 3.05) is 27.9 Å². The molecule has 0 saturated heterocycles. The van der Waals surface area contributed by atoms with E-state index in [0.29, 0.717) is 52.2 Å². The number of nitrogens with zero attached hydrogens (tertiary/aromatic N) is 1. The monoisotopic (exact) mass is 458 g/mol. The van der Waals surface area contributed by atoms with Crippen molar-refractivity contribution >= 4 is 16.7 Å². The van der Waals surface area contributed by atoms with Crippen LogP contribution in [0.3, 0.4) is 0 Å². The first kappa shape index (κ1) is 22.9. The molecule has 1 N–H and O–H groups in total. The van der Waals surface area contributed by atoms with E-state index in [1.54, 1.807) is 70.0 Å². The van der Waals surface area contributed by atoms with Gasteiger partial charge in [-0.2, -0.15) is 0 Å². The first-order valence-corrected chi connectivity index (χ1v) is 10.8. The Bertz CT molecular complexity index is 1390. The highest BCUT2D eigenvalue weighted by atomic mass is 16.5. The van der Waals surface area contributed by atoms with Gasteiger partial charge in [-0.1, -0.05) is 30.3 Å². The van der Waals surface area contributed by atoms with E-state index in [1.165, 1.54) is 4.57 Å². The molecule has 0 fully saturated rings. The topological polar surface area (TPSA) is 78.8 Å². The third-order valence-electron chi connectivity index (χ3n) is 5.67. The fourth-order valence-corrected chi connectivity index (χ4v) is 3.89. The predicted octanol–water partition coefficient (Wildman–Crippen LogP) is 3.99. The molecule has 0 saturated carbocycles. The number of carbonyl (C=O) groups is 1. The van der Waals surface area contributed by atoms with Crippen LogP contribution in [0.25, 0.3) is 16.5 Å². The Morgan fingerprint density at radius 3 is 2.32 bits per heavy atom. The minimum absolute atomic E-state index is 0.205. The summed E-state index contributed by atoms with van der Waals surface area (Å²) in [7, 11) is 4.77. The predicted molar refractivity (Wildman–Crippen MR) is 132 cm³/mol. The van der Waals surface area contributed by atoms with Gasteiger partial charge in [-0.05, 0) is 36.2 Å². The summed E-state index contributed by atoms with van der Waals surface area (Å²) in [5.41, 5.74) is 1.78. The number of aromatic nitrogens is 1. The number of fused-ring (bicyclic) bond motifs is 1. The van der Waals surface area contributed by atoms with E-state index < -0.39 is 0 Å². The third kappa shape index (κ3) is 4.59. The van der Waals surface area contributed by atoms with Crippen molar-refractivity contribution in [3.8, 4) is 22.9 Å². The van der Waals surface area contributed by atoms with E-state index >= 15 is 0 Å². The lowest BCUT2D eigenvalue weighted by molar-refractivity contribution is 0.0955. The van der Waals surface area contributed by atoms with E-state index in [9.17, 15) is 9.59 Å². The lowest BCUT2D eigenvalue weighted by atomic mass is 10.1. The zero-order chi connectivity index (χ0) is 24.1. The molecule has 4 aromatic rings. The van der Waals surface area contributed by atoms with E-state index in [-0.39, 0.29) is 11.5 Å². The van der Waals surface area contributed by atoms with Crippen molar-refractivity contribution < 1.29 is 19.0 Å². The molecular weight excluding hydrogens is 432 g/mol. The Hall–Kier alpha value is -4.26. The average Bonchev–Trinajstić information content (AvgIpc) is 2.89. The molecule has 0 aliphatic heterocycles. The van der Waals surface area contributed by atoms with Crippen LogP contribution < -0.4 is 25.1 Å².